The highest BCUT2D eigenvalue weighted by Crippen LogP contribution is 2.23. The first kappa shape index (κ1) is 22.9. The Morgan fingerprint density at radius 2 is 1.85 bits per heavy atom. The molecule has 174 valence electrons. The quantitative estimate of drug-likeness (QED) is 0.540. The van der Waals surface area contributed by atoms with Crippen molar-refractivity contribution in [1.82, 2.24) is 15.0 Å². The Morgan fingerprint density at radius 1 is 1.06 bits per heavy atom. The number of nitrogens with zero attached hydrogens (tertiary/aromatic N) is 3. The SMILES string of the molecule is COc1cccc(CN2CCN(C(=O)c3noc(C)c3COc3cc(C)ccc3C)CC2)c1. The van der Waals surface area contributed by atoms with Gasteiger partial charge in [-0.05, 0) is 55.7 Å². The van der Waals surface area contributed by atoms with E-state index in [4.69, 9.17) is 14.0 Å². The van der Waals surface area contributed by atoms with Crippen LogP contribution in [0.5, 0.6) is 11.5 Å². The lowest BCUT2D eigenvalue weighted by Crippen LogP contribution is -2.48. The lowest BCUT2D eigenvalue weighted by atomic mass is 10.1. The van der Waals surface area contributed by atoms with E-state index in [9.17, 15) is 4.79 Å². The van der Waals surface area contributed by atoms with Gasteiger partial charge >= 0.3 is 0 Å². The molecule has 33 heavy (non-hydrogen) atoms. The highest BCUT2D eigenvalue weighted by molar-refractivity contribution is 5.93. The van der Waals surface area contributed by atoms with Gasteiger partial charge in [0.25, 0.3) is 5.91 Å². The molecule has 0 atom stereocenters. The standard InChI is InChI=1S/C26H31N3O4/c1-18-8-9-19(2)24(14-18)32-17-23-20(3)33-27-25(23)26(30)29-12-10-28(11-13-29)16-21-6-5-7-22(15-21)31-4/h5-9,14-15H,10-13,16-17H2,1-4H3. The fraction of sp³-hybridized carbons (Fsp3) is 0.385. The van der Waals surface area contributed by atoms with Crippen LogP contribution in [-0.2, 0) is 13.2 Å². The van der Waals surface area contributed by atoms with E-state index in [-0.39, 0.29) is 12.5 Å². The van der Waals surface area contributed by atoms with Gasteiger partial charge in [-0.1, -0.05) is 29.4 Å². The Morgan fingerprint density at radius 3 is 2.61 bits per heavy atom. The number of aryl methyl sites for hydroxylation is 3. The first-order valence-corrected chi connectivity index (χ1v) is 11.2. The Labute approximate surface area is 194 Å². The molecule has 0 unspecified atom stereocenters. The van der Waals surface area contributed by atoms with Gasteiger partial charge in [0.1, 0.15) is 23.9 Å². The van der Waals surface area contributed by atoms with Crippen LogP contribution in [0.25, 0.3) is 0 Å². The summed E-state index contributed by atoms with van der Waals surface area (Å²) in [7, 11) is 1.68. The van der Waals surface area contributed by atoms with Crippen LogP contribution < -0.4 is 9.47 Å². The van der Waals surface area contributed by atoms with Gasteiger partial charge in [0, 0.05) is 32.7 Å². The minimum Gasteiger partial charge on any atom is -0.497 e. The summed E-state index contributed by atoms with van der Waals surface area (Å²) < 4.78 is 16.7. The van der Waals surface area contributed by atoms with Crippen LogP contribution in [0.4, 0.5) is 0 Å². The molecular formula is C26H31N3O4. The van der Waals surface area contributed by atoms with Gasteiger partial charge in [-0.3, -0.25) is 9.69 Å². The van der Waals surface area contributed by atoms with Gasteiger partial charge in [0.15, 0.2) is 5.69 Å². The molecule has 1 aliphatic heterocycles. The minimum absolute atomic E-state index is 0.104. The van der Waals surface area contributed by atoms with Crippen molar-refractivity contribution in [2.45, 2.75) is 33.9 Å². The van der Waals surface area contributed by atoms with Crippen molar-refractivity contribution in [2.24, 2.45) is 0 Å². The molecule has 4 rings (SSSR count). The Bertz CT molecular complexity index is 1120. The highest BCUT2D eigenvalue weighted by Gasteiger charge is 2.28. The molecule has 1 aromatic heterocycles. The van der Waals surface area contributed by atoms with E-state index >= 15 is 0 Å². The van der Waals surface area contributed by atoms with E-state index in [0.717, 1.165) is 42.3 Å². The average molecular weight is 450 g/mol. The lowest BCUT2D eigenvalue weighted by molar-refractivity contribution is 0.0616. The van der Waals surface area contributed by atoms with Gasteiger partial charge in [-0.2, -0.15) is 0 Å². The second-order valence-corrected chi connectivity index (χ2v) is 8.54. The normalized spacial score (nSPS) is 14.4. The molecule has 1 amide bonds. The number of hydrogen-bond acceptors (Lipinski definition) is 6. The number of rotatable bonds is 7. The molecule has 3 aromatic rings. The third-order valence-electron chi connectivity index (χ3n) is 6.10. The zero-order valence-electron chi connectivity index (χ0n) is 19.8. The zero-order chi connectivity index (χ0) is 23.4. The molecule has 2 aromatic carbocycles. The number of piperazine rings is 1. The predicted molar refractivity (Wildman–Crippen MR) is 126 cm³/mol. The molecule has 2 heterocycles. The van der Waals surface area contributed by atoms with Crippen LogP contribution in [0.3, 0.4) is 0 Å². The predicted octanol–water partition coefficient (Wildman–Crippen LogP) is 4.15. The fourth-order valence-corrected chi connectivity index (χ4v) is 4.03. The summed E-state index contributed by atoms with van der Waals surface area (Å²) in [6.07, 6.45) is 0. The number of methoxy groups -OCH3 is 1. The van der Waals surface area contributed by atoms with Gasteiger partial charge in [0.2, 0.25) is 0 Å². The molecular weight excluding hydrogens is 418 g/mol. The summed E-state index contributed by atoms with van der Waals surface area (Å²) in [6.45, 7) is 9.82. The van der Waals surface area contributed by atoms with Gasteiger partial charge in [-0.25, -0.2) is 0 Å². The summed E-state index contributed by atoms with van der Waals surface area (Å²) >= 11 is 0. The molecule has 1 fully saturated rings. The Balaban J connectivity index is 1.37. The maximum Gasteiger partial charge on any atom is 0.276 e. The second kappa shape index (κ2) is 10.1. The summed E-state index contributed by atoms with van der Waals surface area (Å²) in [6, 6.07) is 14.2. The maximum atomic E-state index is 13.2. The number of aromatic nitrogens is 1. The average Bonchev–Trinajstić information content (AvgIpc) is 3.20. The summed E-state index contributed by atoms with van der Waals surface area (Å²) in [4.78, 5) is 17.4. The number of benzene rings is 2. The van der Waals surface area contributed by atoms with Crippen molar-refractivity contribution in [2.75, 3.05) is 33.3 Å². The summed E-state index contributed by atoms with van der Waals surface area (Å²) in [5.74, 6) is 2.17. The number of amides is 1. The van der Waals surface area contributed by atoms with E-state index in [1.165, 1.54) is 5.56 Å². The van der Waals surface area contributed by atoms with Crippen LogP contribution in [0.2, 0.25) is 0 Å². The maximum absolute atomic E-state index is 13.2. The van der Waals surface area contributed by atoms with Crippen molar-refractivity contribution in [1.29, 1.82) is 0 Å². The summed E-state index contributed by atoms with van der Waals surface area (Å²) in [5.41, 5.74) is 4.43. The number of carbonyl (C=O) groups is 1. The van der Waals surface area contributed by atoms with Crippen LogP contribution in [0.1, 0.15) is 38.5 Å². The van der Waals surface area contributed by atoms with Crippen LogP contribution in [0, 0.1) is 20.8 Å². The van der Waals surface area contributed by atoms with Crippen molar-refractivity contribution in [3.05, 3.63) is 76.2 Å². The second-order valence-electron chi connectivity index (χ2n) is 8.54. The van der Waals surface area contributed by atoms with E-state index in [1.54, 1.807) is 7.11 Å². The third kappa shape index (κ3) is 5.37. The molecule has 1 saturated heterocycles. The van der Waals surface area contributed by atoms with Crippen LogP contribution in [0.15, 0.2) is 47.0 Å². The molecule has 0 radical (unpaired) electrons. The first-order valence-electron chi connectivity index (χ1n) is 11.2. The zero-order valence-corrected chi connectivity index (χ0v) is 19.8. The van der Waals surface area contributed by atoms with Crippen molar-refractivity contribution >= 4 is 5.91 Å². The third-order valence-corrected chi connectivity index (χ3v) is 6.10. The molecule has 1 aliphatic rings. The minimum atomic E-state index is -0.104. The van der Waals surface area contributed by atoms with Crippen LogP contribution in [-0.4, -0.2) is 54.2 Å². The molecule has 0 spiro atoms. The molecule has 7 nitrogen and oxygen atoms in total. The van der Waals surface area contributed by atoms with Crippen molar-refractivity contribution in [3.63, 3.8) is 0 Å². The first-order chi connectivity index (χ1) is 15.9. The highest BCUT2D eigenvalue weighted by atomic mass is 16.5. The van der Waals surface area contributed by atoms with Crippen molar-refractivity contribution < 1.29 is 18.8 Å². The monoisotopic (exact) mass is 449 g/mol. The molecule has 0 aliphatic carbocycles. The van der Waals surface area contributed by atoms with E-state index in [0.29, 0.717) is 30.1 Å². The Kier molecular flexibility index (Phi) is 6.99. The van der Waals surface area contributed by atoms with E-state index in [2.05, 4.69) is 28.3 Å². The molecule has 0 N–H and O–H groups in total. The number of ether oxygens (including phenoxy) is 2. The Hall–Kier alpha value is -3.32. The van der Waals surface area contributed by atoms with Gasteiger partial charge < -0.3 is 18.9 Å². The van der Waals surface area contributed by atoms with Gasteiger partial charge in [0.05, 0.1) is 12.7 Å². The van der Waals surface area contributed by atoms with Gasteiger partial charge in [-0.15, -0.1) is 0 Å². The molecule has 0 saturated carbocycles. The number of hydrogen-bond donors (Lipinski definition) is 0. The lowest BCUT2D eigenvalue weighted by Gasteiger charge is -2.34. The van der Waals surface area contributed by atoms with E-state index in [1.807, 2.05) is 49.9 Å². The van der Waals surface area contributed by atoms with E-state index < -0.39 is 0 Å². The fourth-order valence-electron chi connectivity index (χ4n) is 4.03. The molecule has 0 bridgehead atoms. The van der Waals surface area contributed by atoms with Crippen molar-refractivity contribution in [3.8, 4) is 11.5 Å². The largest absolute Gasteiger partial charge is 0.497 e. The topological polar surface area (TPSA) is 68.0 Å². The smallest absolute Gasteiger partial charge is 0.276 e. The number of carbonyl (C=O) groups excluding carboxylic acids is 1. The van der Waals surface area contributed by atoms with Crippen LogP contribution >= 0.6 is 0 Å². The summed E-state index contributed by atoms with van der Waals surface area (Å²) in [5, 5.41) is 4.08. The molecule has 7 heteroatoms.